The number of aliphatic hydroxyl groups is 1. The number of hydrogen-bond acceptors (Lipinski definition) is 6. The van der Waals surface area contributed by atoms with Crippen LogP contribution in [-0.4, -0.2) is 45.9 Å². The Kier molecular flexibility index (Phi) is 5.64. The van der Waals surface area contributed by atoms with Gasteiger partial charge >= 0.3 is 0 Å². The second kappa shape index (κ2) is 8.73. The van der Waals surface area contributed by atoms with Crippen LogP contribution in [0.1, 0.15) is 24.2 Å². The molecule has 6 heteroatoms. The average Bonchev–Trinajstić information content (AvgIpc) is 3.29. The Morgan fingerprint density at radius 3 is 2.72 bits per heavy atom. The molecule has 4 aromatic rings. The van der Waals surface area contributed by atoms with Gasteiger partial charge in [-0.25, -0.2) is 0 Å². The molecule has 0 amide bonds. The number of hydrogen-bond donors (Lipinski definition) is 1. The number of fused-ring (bicyclic) bond motifs is 1. The molecule has 0 aliphatic carbocycles. The van der Waals surface area contributed by atoms with Crippen LogP contribution in [0, 0.1) is 0 Å². The van der Waals surface area contributed by atoms with Crippen molar-refractivity contribution in [3.63, 3.8) is 0 Å². The Balaban J connectivity index is 1.22. The number of methoxy groups -OCH3 is 1. The molecule has 5 rings (SSSR count). The maximum atomic E-state index is 11.2. The van der Waals surface area contributed by atoms with Crippen LogP contribution >= 0.6 is 0 Å². The summed E-state index contributed by atoms with van der Waals surface area (Å²) in [7, 11) is 1.64. The highest BCUT2D eigenvalue weighted by atomic mass is 16.5. The third kappa shape index (κ3) is 4.38. The minimum atomic E-state index is -0.779. The molecule has 0 atom stereocenters. The molecule has 1 fully saturated rings. The highest BCUT2D eigenvalue weighted by Gasteiger charge is 2.34. The Labute approximate surface area is 187 Å². The summed E-state index contributed by atoms with van der Waals surface area (Å²) in [5.41, 5.74) is 3.20. The van der Waals surface area contributed by atoms with Crippen molar-refractivity contribution in [2.24, 2.45) is 0 Å². The molecule has 6 nitrogen and oxygen atoms in total. The summed E-state index contributed by atoms with van der Waals surface area (Å²) in [4.78, 5) is 6.95. The number of likely N-dealkylation sites (tertiary alicyclic amines) is 1. The fourth-order valence-corrected chi connectivity index (χ4v) is 4.48. The summed E-state index contributed by atoms with van der Waals surface area (Å²) in [5, 5.41) is 16.6. The van der Waals surface area contributed by atoms with E-state index >= 15 is 0 Å². The number of benzene rings is 2. The van der Waals surface area contributed by atoms with Gasteiger partial charge in [0.05, 0.1) is 18.2 Å². The molecule has 164 valence electrons. The van der Waals surface area contributed by atoms with Crippen molar-refractivity contribution < 1.29 is 14.4 Å². The predicted octanol–water partition coefficient (Wildman–Crippen LogP) is 4.47. The zero-order chi connectivity index (χ0) is 22.0. The van der Waals surface area contributed by atoms with Crippen molar-refractivity contribution in [2.45, 2.75) is 31.4 Å². The first-order valence-corrected chi connectivity index (χ1v) is 11.0. The van der Waals surface area contributed by atoms with Crippen molar-refractivity contribution in [2.75, 3.05) is 20.2 Å². The third-order valence-corrected chi connectivity index (χ3v) is 6.32. The van der Waals surface area contributed by atoms with Crippen LogP contribution in [0.5, 0.6) is 5.75 Å². The summed E-state index contributed by atoms with van der Waals surface area (Å²) in [6.45, 7) is 2.50. The molecule has 1 aliphatic rings. The lowest BCUT2D eigenvalue weighted by molar-refractivity contribution is -0.0264. The molecular formula is C26H27N3O3. The van der Waals surface area contributed by atoms with Crippen LogP contribution in [0.2, 0.25) is 0 Å². The van der Waals surface area contributed by atoms with Gasteiger partial charge in [0.2, 0.25) is 0 Å². The van der Waals surface area contributed by atoms with E-state index in [4.69, 9.17) is 9.26 Å². The molecule has 2 aromatic heterocycles. The zero-order valence-electron chi connectivity index (χ0n) is 18.2. The molecule has 32 heavy (non-hydrogen) atoms. The molecule has 1 N–H and O–H groups in total. The molecule has 1 saturated heterocycles. The van der Waals surface area contributed by atoms with Crippen LogP contribution < -0.4 is 4.74 Å². The van der Waals surface area contributed by atoms with Crippen LogP contribution in [0.3, 0.4) is 0 Å². The zero-order valence-corrected chi connectivity index (χ0v) is 18.2. The van der Waals surface area contributed by atoms with Gasteiger partial charge in [0.25, 0.3) is 0 Å². The van der Waals surface area contributed by atoms with Crippen LogP contribution in [0.15, 0.2) is 71.4 Å². The molecule has 3 heterocycles. The number of aromatic nitrogens is 2. The van der Waals surface area contributed by atoms with E-state index in [2.05, 4.69) is 39.3 Å². The summed E-state index contributed by atoms with van der Waals surface area (Å²) in [6.07, 6.45) is 3.70. The lowest BCUT2D eigenvalue weighted by atomic mass is 9.87. The number of pyridine rings is 1. The quantitative estimate of drug-likeness (QED) is 0.488. The van der Waals surface area contributed by atoms with Gasteiger partial charge in [0.15, 0.2) is 0 Å². The second-order valence-electron chi connectivity index (χ2n) is 8.58. The van der Waals surface area contributed by atoms with E-state index in [1.807, 2.05) is 42.6 Å². The molecule has 2 aromatic carbocycles. The van der Waals surface area contributed by atoms with Gasteiger partial charge in [0, 0.05) is 49.3 Å². The van der Waals surface area contributed by atoms with Gasteiger partial charge in [-0.2, -0.15) is 0 Å². The van der Waals surface area contributed by atoms with E-state index in [1.165, 1.54) is 5.56 Å². The number of ether oxygens (including phenoxy) is 1. The third-order valence-electron chi connectivity index (χ3n) is 6.32. The number of rotatable bonds is 6. The molecule has 0 saturated carbocycles. The maximum Gasteiger partial charge on any atom is 0.140 e. The summed E-state index contributed by atoms with van der Waals surface area (Å²) in [5.74, 6) is 1.48. The molecule has 0 spiro atoms. The normalized spacial score (nSPS) is 16.3. The fraction of sp³-hybridized carbons (Fsp3) is 0.308. The highest BCUT2D eigenvalue weighted by Crippen LogP contribution is 2.30. The fourth-order valence-electron chi connectivity index (χ4n) is 4.48. The molecule has 0 radical (unpaired) electrons. The van der Waals surface area contributed by atoms with E-state index in [0.717, 1.165) is 47.5 Å². The minimum absolute atomic E-state index is 0.466. The van der Waals surface area contributed by atoms with Gasteiger partial charge in [-0.1, -0.05) is 41.6 Å². The van der Waals surface area contributed by atoms with Gasteiger partial charge in [-0.05, 0) is 36.6 Å². The summed E-state index contributed by atoms with van der Waals surface area (Å²) < 4.78 is 10.8. The first-order valence-electron chi connectivity index (χ1n) is 11.0. The number of piperidine rings is 1. The average molecular weight is 430 g/mol. The first kappa shape index (κ1) is 20.7. The first-order chi connectivity index (χ1) is 15.6. The molecular weight excluding hydrogens is 402 g/mol. The topological polar surface area (TPSA) is 71.6 Å². The van der Waals surface area contributed by atoms with Crippen molar-refractivity contribution in [1.82, 2.24) is 15.0 Å². The molecule has 0 bridgehead atoms. The van der Waals surface area contributed by atoms with E-state index < -0.39 is 5.60 Å². The Morgan fingerprint density at radius 1 is 1.06 bits per heavy atom. The minimum Gasteiger partial charge on any atom is -0.497 e. The van der Waals surface area contributed by atoms with Crippen LogP contribution in [0.4, 0.5) is 0 Å². The maximum absolute atomic E-state index is 11.2. The second-order valence-corrected chi connectivity index (χ2v) is 8.58. The predicted molar refractivity (Wildman–Crippen MR) is 123 cm³/mol. The largest absolute Gasteiger partial charge is 0.497 e. The molecule has 1 aliphatic heterocycles. The van der Waals surface area contributed by atoms with Crippen molar-refractivity contribution in [1.29, 1.82) is 0 Å². The van der Waals surface area contributed by atoms with Crippen LogP contribution in [-0.2, 0) is 13.0 Å². The van der Waals surface area contributed by atoms with E-state index in [-0.39, 0.29) is 0 Å². The van der Waals surface area contributed by atoms with Crippen molar-refractivity contribution in [3.8, 4) is 17.0 Å². The van der Waals surface area contributed by atoms with Gasteiger partial charge in [0.1, 0.15) is 17.2 Å². The lowest BCUT2D eigenvalue weighted by Crippen LogP contribution is -2.45. The van der Waals surface area contributed by atoms with Gasteiger partial charge < -0.3 is 14.4 Å². The van der Waals surface area contributed by atoms with E-state index in [1.54, 1.807) is 7.11 Å². The lowest BCUT2D eigenvalue weighted by Gasteiger charge is -2.37. The van der Waals surface area contributed by atoms with E-state index in [0.29, 0.717) is 25.0 Å². The highest BCUT2D eigenvalue weighted by molar-refractivity contribution is 5.81. The Morgan fingerprint density at radius 2 is 1.88 bits per heavy atom. The Hall–Kier alpha value is -3.22. The van der Waals surface area contributed by atoms with E-state index in [9.17, 15) is 5.11 Å². The SMILES string of the molecule is COc1cccc(-c2cc(CC3(O)CCN(Cc4cccc5cccnc45)CC3)on2)c1. The van der Waals surface area contributed by atoms with Crippen LogP contribution in [0.25, 0.3) is 22.2 Å². The smallest absolute Gasteiger partial charge is 0.140 e. The summed E-state index contributed by atoms with van der Waals surface area (Å²) >= 11 is 0. The standard InChI is InChI=1S/C26H27N3O3/c1-31-22-9-3-6-20(15-22)24-16-23(32-28-24)17-26(30)10-13-29(14-11-26)18-21-7-2-5-19-8-4-12-27-25(19)21/h2-9,12,15-16,30H,10-11,13-14,17-18H2,1H3. The summed E-state index contributed by atoms with van der Waals surface area (Å²) in [6, 6.07) is 20.0. The number of nitrogens with zero attached hydrogens (tertiary/aromatic N) is 3. The molecule has 0 unspecified atom stereocenters. The Bertz CT molecular complexity index is 1210. The van der Waals surface area contributed by atoms with Crippen molar-refractivity contribution in [3.05, 3.63) is 78.2 Å². The monoisotopic (exact) mass is 429 g/mol. The number of para-hydroxylation sites is 1. The van der Waals surface area contributed by atoms with Crippen molar-refractivity contribution >= 4 is 10.9 Å². The van der Waals surface area contributed by atoms with Gasteiger partial charge in [-0.15, -0.1) is 0 Å². The van der Waals surface area contributed by atoms with Gasteiger partial charge in [-0.3, -0.25) is 9.88 Å².